The van der Waals surface area contributed by atoms with Gasteiger partial charge in [0.15, 0.2) is 0 Å². The van der Waals surface area contributed by atoms with E-state index in [1.54, 1.807) is 0 Å². The monoisotopic (exact) mass is 281 g/mol. The molecule has 0 saturated heterocycles. The molecule has 0 heterocycles. The molecule has 3 heteroatoms. The number of carbonyl (C=O) groups excluding carboxylic acids is 1. The van der Waals surface area contributed by atoms with Crippen molar-refractivity contribution in [3.05, 3.63) is 0 Å². The molecule has 2 saturated carbocycles. The maximum atomic E-state index is 12.4. The largest absolute Gasteiger partial charge is 0.468 e. The summed E-state index contributed by atoms with van der Waals surface area (Å²) in [4.78, 5) is 12.4. The quantitative estimate of drug-likeness (QED) is 0.631. The van der Waals surface area contributed by atoms with E-state index in [9.17, 15) is 4.79 Å². The van der Waals surface area contributed by atoms with Crippen LogP contribution in [0.3, 0.4) is 0 Å². The molecule has 0 bridgehead atoms. The van der Waals surface area contributed by atoms with Crippen molar-refractivity contribution in [3.63, 3.8) is 0 Å². The van der Waals surface area contributed by atoms with Crippen molar-refractivity contribution in [1.29, 1.82) is 0 Å². The number of carbonyl (C=O) groups is 1. The average Bonchev–Trinajstić information content (AvgIpc) is 2.83. The van der Waals surface area contributed by atoms with Crippen molar-refractivity contribution >= 4 is 5.97 Å². The van der Waals surface area contributed by atoms with E-state index in [4.69, 9.17) is 4.74 Å². The summed E-state index contributed by atoms with van der Waals surface area (Å²) < 4.78 is 5.15. The maximum absolute atomic E-state index is 12.4. The molecule has 0 amide bonds. The Labute approximate surface area is 123 Å². The minimum atomic E-state index is -0.409. The third-order valence-corrected chi connectivity index (χ3v) is 5.47. The zero-order chi connectivity index (χ0) is 14.6. The first kappa shape index (κ1) is 15.8. The normalized spacial score (nSPS) is 32.3. The van der Waals surface area contributed by atoms with Crippen LogP contribution in [0.4, 0.5) is 0 Å². The highest BCUT2D eigenvalue weighted by atomic mass is 16.5. The Hall–Kier alpha value is -0.570. The van der Waals surface area contributed by atoms with E-state index in [0.29, 0.717) is 6.04 Å². The summed E-state index contributed by atoms with van der Waals surface area (Å²) in [7, 11) is 1.53. The van der Waals surface area contributed by atoms with Crippen molar-refractivity contribution < 1.29 is 9.53 Å². The SMILES string of the molecule is COC(=O)C1(NC2CCCC2)CCCC(C(C)C)CC1. The molecule has 1 N–H and O–H groups in total. The molecule has 2 fully saturated rings. The van der Waals surface area contributed by atoms with Crippen LogP contribution in [-0.4, -0.2) is 24.7 Å². The lowest BCUT2D eigenvalue weighted by Crippen LogP contribution is -2.55. The fourth-order valence-electron chi connectivity index (χ4n) is 4.10. The fourth-order valence-corrected chi connectivity index (χ4v) is 4.10. The van der Waals surface area contributed by atoms with Crippen molar-refractivity contribution in [2.75, 3.05) is 7.11 Å². The molecule has 2 rings (SSSR count). The van der Waals surface area contributed by atoms with Crippen molar-refractivity contribution in [1.82, 2.24) is 5.32 Å². The molecule has 2 unspecified atom stereocenters. The molecule has 20 heavy (non-hydrogen) atoms. The van der Waals surface area contributed by atoms with Gasteiger partial charge >= 0.3 is 5.97 Å². The first-order chi connectivity index (χ1) is 9.57. The van der Waals surface area contributed by atoms with Crippen LogP contribution in [0, 0.1) is 11.8 Å². The number of nitrogens with one attached hydrogen (secondary N) is 1. The van der Waals surface area contributed by atoms with Gasteiger partial charge in [-0.05, 0) is 43.9 Å². The Balaban J connectivity index is 2.08. The Bertz CT molecular complexity index is 323. The minimum Gasteiger partial charge on any atom is -0.468 e. The summed E-state index contributed by atoms with van der Waals surface area (Å²) >= 11 is 0. The van der Waals surface area contributed by atoms with Crippen LogP contribution in [0.15, 0.2) is 0 Å². The van der Waals surface area contributed by atoms with Crippen molar-refractivity contribution in [2.45, 2.75) is 83.2 Å². The lowest BCUT2D eigenvalue weighted by molar-refractivity contribution is -0.149. The Morgan fingerprint density at radius 1 is 1.10 bits per heavy atom. The number of hydrogen-bond acceptors (Lipinski definition) is 3. The van der Waals surface area contributed by atoms with Gasteiger partial charge in [0.1, 0.15) is 5.54 Å². The standard InChI is InChI=1S/C17H31NO2/c1-13(2)14-7-6-11-17(12-10-14,16(19)20-3)18-15-8-4-5-9-15/h13-15,18H,4-12H2,1-3H3. The van der Waals surface area contributed by atoms with Crippen LogP contribution >= 0.6 is 0 Å². The third-order valence-electron chi connectivity index (χ3n) is 5.47. The molecule has 2 atom stereocenters. The lowest BCUT2D eigenvalue weighted by Gasteiger charge is -2.34. The van der Waals surface area contributed by atoms with Gasteiger partial charge in [-0.25, -0.2) is 0 Å². The van der Waals surface area contributed by atoms with E-state index < -0.39 is 5.54 Å². The van der Waals surface area contributed by atoms with Gasteiger partial charge in [0, 0.05) is 6.04 Å². The van der Waals surface area contributed by atoms with Gasteiger partial charge in [0.2, 0.25) is 0 Å². The topological polar surface area (TPSA) is 38.3 Å². The van der Waals surface area contributed by atoms with Crippen molar-refractivity contribution in [3.8, 4) is 0 Å². The van der Waals surface area contributed by atoms with E-state index in [1.165, 1.54) is 39.2 Å². The van der Waals surface area contributed by atoms with E-state index in [-0.39, 0.29) is 5.97 Å². The molecular formula is C17H31NO2. The second-order valence-corrected chi connectivity index (χ2v) is 7.13. The van der Waals surface area contributed by atoms with Gasteiger partial charge in [0.25, 0.3) is 0 Å². The first-order valence-electron chi connectivity index (χ1n) is 8.43. The Morgan fingerprint density at radius 2 is 1.80 bits per heavy atom. The van der Waals surface area contributed by atoms with Crippen LogP contribution in [0.2, 0.25) is 0 Å². The van der Waals surface area contributed by atoms with Crippen LogP contribution in [-0.2, 0) is 9.53 Å². The van der Waals surface area contributed by atoms with E-state index in [2.05, 4.69) is 19.2 Å². The highest BCUT2D eigenvalue weighted by Gasteiger charge is 2.43. The second kappa shape index (κ2) is 6.93. The van der Waals surface area contributed by atoms with Gasteiger partial charge in [-0.1, -0.05) is 39.5 Å². The molecule has 0 aromatic heterocycles. The molecular weight excluding hydrogens is 250 g/mol. The van der Waals surface area contributed by atoms with E-state index in [1.807, 2.05) is 0 Å². The van der Waals surface area contributed by atoms with Gasteiger partial charge < -0.3 is 4.74 Å². The Morgan fingerprint density at radius 3 is 2.40 bits per heavy atom. The number of rotatable bonds is 4. The highest BCUT2D eigenvalue weighted by molar-refractivity contribution is 5.80. The lowest BCUT2D eigenvalue weighted by atomic mass is 9.86. The van der Waals surface area contributed by atoms with E-state index >= 15 is 0 Å². The van der Waals surface area contributed by atoms with Gasteiger partial charge in [0.05, 0.1) is 7.11 Å². The highest BCUT2D eigenvalue weighted by Crippen LogP contribution is 2.36. The van der Waals surface area contributed by atoms with Gasteiger partial charge in [-0.3, -0.25) is 10.1 Å². The number of ether oxygens (including phenoxy) is 1. The molecule has 2 aliphatic carbocycles. The summed E-state index contributed by atoms with van der Waals surface area (Å²) in [6.07, 6.45) is 10.4. The summed E-state index contributed by atoms with van der Waals surface area (Å²) in [5, 5.41) is 3.71. The molecule has 0 spiro atoms. The summed E-state index contributed by atoms with van der Waals surface area (Å²) in [6.45, 7) is 4.61. The smallest absolute Gasteiger partial charge is 0.326 e. The number of esters is 1. The first-order valence-corrected chi connectivity index (χ1v) is 8.43. The molecule has 0 aliphatic heterocycles. The Kier molecular flexibility index (Phi) is 5.48. The van der Waals surface area contributed by atoms with Gasteiger partial charge in [-0.15, -0.1) is 0 Å². The maximum Gasteiger partial charge on any atom is 0.326 e. The zero-order valence-corrected chi connectivity index (χ0v) is 13.4. The summed E-state index contributed by atoms with van der Waals surface area (Å²) in [5.41, 5.74) is -0.409. The van der Waals surface area contributed by atoms with Crippen LogP contribution in [0.1, 0.15) is 71.6 Å². The molecule has 0 radical (unpaired) electrons. The van der Waals surface area contributed by atoms with Crippen LogP contribution in [0.25, 0.3) is 0 Å². The minimum absolute atomic E-state index is 0.0335. The van der Waals surface area contributed by atoms with Crippen LogP contribution < -0.4 is 5.32 Å². The fraction of sp³-hybridized carbons (Fsp3) is 0.941. The molecule has 3 nitrogen and oxygen atoms in total. The molecule has 0 aromatic carbocycles. The molecule has 0 aromatic rings. The number of methoxy groups -OCH3 is 1. The molecule has 116 valence electrons. The van der Waals surface area contributed by atoms with Gasteiger partial charge in [-0.2, -0.15) is 0 Å². The zero-order valence-electron chi connectivity index (χ0n) is 13.4. The third kappa shape index (κ3) is 3.55. The predicted octanol–water partition coefficient (Wildman–Crippen LogP) is 3.67. The van der Waals surface area contributed by atoms with Crippen molar-refractivity contribution in [2.24, 2.45) is 11.8 Å². The summed E-state index contributed by atoms with van der Waals surface area (Å²) in [5.74, 6) is 1.44. The average molecular weight is 281 g/mol. The summed E-state index contributed by atoms with van der Waals surface area (Å²) in [6, 6.07) is 0.518. The second-order valence-electron chi connectivity index (χ2n) is 7.13. The van der Waals surface area contributed by atoms with Crippen LogP contribution in [0.5, 0.6) is 0 Å². The van der Waals surface area contributed by atoms with E-state index in [0.717, 1.165) is 37.5 Å². The number of hydrogen-bond donors (Lipinski definition) is 1. The predicted molar refractivity (Wildman–Crippen MR) is 81.6 cm³/mol. The molecule has 2 aliphatic rings.